The first kappa shape index (κ1) is 5.76. The molecule has 5 heteroatoms. The summed E-state index contributed by atoms with van der Waals surface area (Å²) in [4.78, 5) is 3.66. The molecule has 1 heterocycles. The molecule has 0 spiro atoms. The maximum atomic E-state index is 11.3. The molecule has 0 saturated heterocycles. The van der Waals surface area contributed by atoms with Crippen molar-refractivity contribution in [2.75, 3.05) is 13.2 Å². The van der Waals surface area contributed by atoms with E-state index in [4.69, 9.17) is 0 Å². The number of ether oxygens (including phenoxy) is 1. The standard InChI is InChI=1S/C3H5FNO2P/c4-8-7-3-5-1-2-6-3/h8H,1-2H2. The van der Waals surface area contributed by atoms with Crippen molar-refractivity contribution < 1.29 is 13.5 Å². The fraction of sp³-hybridized carbons (Fsp3) is 0.667. The molecule has 0 aromatic rings. The largest absolute Gasteiger partial charge is 0.449 e. The summed E-state index contributed by atoms with van der Waals surface area (Å²) in [6.45, 7) is 1.10. The normalized spacial score (nSPS) is 18.9. The van der Waals surface area contributed by atoms with Crippen LogP contribution in [0.5, 0.6) is 0 Å². The number of aliphatic imine (C=N–C) groups is 1. The first-order valence-electron chi connectivity index (χ1n) is 2.13. The van der Waals surface area contributed by atoms with Crippen LogP contribution in [-0.2, 0) is 9.26 Å². The van der Waals surface area contributed by atoms with Gasteiger partial charge in [0.1, 0.15) is 6.61 Å². The third-order valence-electron chi connectivity index (χ3n) is 0.684. The molecule has 0 amide bonds. The van der Waals surface area contributed by atoms with E-state index in [1.807, 2.05) is 0 Å². The lowest BCUT2D eigenvalue weighted by Gasteiger charge is -1.95. The van der Waals surface area contributed by atoms with E-state index in [1.54, 1.807) is 0 Å². The summed E-state index contributed by atoms with van der Waals surface area (Å²) < 4.78 is 20.3. The van der Waals surface area contributed by atoms with Crippen LogP contribution in [0.2, 0.25) is 0 Å². The molecule has 0 fully saturated rings. The van der Waals surface area contributed by atoms with E-state index in [9.17, 15) is 4.20 Å². The Morgan fingerprint density at radius 3 is 3.25 bits per heavy atom. The zero-order chi connectivity index (χ0) is 5.82. The predicted molar refractivity (Wildman–Crippen MR) is 28.8 cm³/mol. The van der Waals surface area contributed by atoms with Gasteiger partial charge in [-0.2, -0.15) is 4.20 Å². The Bertz CT molecular complexity index is 107. The van der Waals surface area contributed by atoms with Crippen molar-refractivity contribution in [2.45, 2.75) is 0 Å². The Morgan fingerprint density at radius 2 is 2.75 bits per heavy atom. The van der Waals surface area contributed by atoms with E-state index in [1.165, 1.54) is 0 Å². The Morgan fingerprint density at radius 1 is 1.88 bits per heavy atom. The van der Waals surface area contributed by atoms with Crippen molar-refractivity contribution in [2.24, 2.45) is 4.99 Å². The molecule has 0 N–H and O–H groups in total. The van der Waals surface area contributed by atoms with Crippen molar-refractivity contribution in [3.05, 3.63) is 0 Å². The van der Waals surface area contributed by atoms with Gasteiger partial charge in [-0.15, -0.1) is 0 Å². The minimum Gasteiger partial charge on any atom is -0.449 e. The fourth-order valence-corrected chi connectivity index (χ4v) is 0.600. The predicted octanol–water partition coefficient (Wildman–Crippen LogP) is 0.867. The van der Waals surface area contributed by atoms with Gasteiger partial charge in [0.15, 0.2) is 0 Å². The van der Waals surface area contributed by atoms with Gasteiger partial charge in [-0.05, 0) is 0 Å². The zero-order valence-electron chi connectivity index (χ0n) is 4.06. The lowest BCUT2D eigenvalue weighted by Crippen LogP contribution is -1.96. The molecule has 3 nitrogen and oxygen atoms in total. The van der Waals surface area contributed by atoms with Gasteiger partial charge in [0, 0.05) is 0 Å². The molecule has 0 aliphatic carbocycles. The Balaban J connectivity index is 2.23. The lowest BCUT2D eigenvalue weighted by atomic mass is 10.8. The average Bonchev–Trinajstić information content (AvgIpc) is 2.19. The van der Waals surface area contributed by atoms with Gasteiger partial charge < -0.3 is 9.26 Å². The van der Waals surface area contributed by atoms with Crippen LogP contribution in [0.4, 0.5) is 4.20 Å². The molecule has 8 heavy (non-hydrogen) atoms. The summed E-state index contributed by atoms with van der Waals surface area (Å²) >= 11 is 0. The molecular formula is C3H5FNO2P. The van der Waals surface area contributed by atoms with Crippen molar-refractivity contribution >= 4 is 15.2 Å². The molecule has 1 aliphatic rings. The maximum absolute atomic E-state index is 11.3. The highest BCUT2D eigenvalue weighted by Gasteiger charge is 2.06. The van der Waals surface area contributed by atoms with Crippen LogP contribution in [0.1, 0.15) is 0 Å². The smallest absolute Gasteiger partial charge is 0.388 e. The molecular weight excluding hydrogens is 132 g/mol. The first-order chi connectivity index (χ1) is 3.93. The van der Waals surface area contributed by atoms with Gasteiger partial charge in [0.25, 0.3) is 9.12 Å². The zero-order valence-corrected chi connectivity index (χ0v) is 5.06. The van der Waals surface area contributed by atoms with E-state index >= 15 is 0 Å². The topological polar surface area (TPSA) is 30.8 Å². The second kappa shape index (κ2) is 2.82. The summed E-state index contributed by atoms with van der Waals surface area (Å²) in [7, 11) is -1.06. The van der Waals surface area contributed by atoms with Crippen molar-refractivity contribution in [3.63, 3.8) is 0 Å². The van der Waals surface area contributed by atoms with Gasteiger partial charge >= 0.3 is 6.08 Å². The Hall–Kier alpha value is -0.370. The molecule has 0 aromatic heterocycles. The molecule has 1 atom stereocenters. The SMILES string of the molecule is FPOC1=NCCO1. The van der Waals surface area contributed by atoms with Crippen LogP contribution in [0, 0.1) is 0 Å². The fourth-order valence-electron chi connectivity index (χ4n) is 0.410. The van der Waals surface area contributed by atoms with Gasteiger partial charge in [0.2, 0.25) is 0 Å². The van der Waals surface area contributed by atoms with Crippen LogP contribution in [-0.4, -0.2) is 19.2 Å². The van der Waals surface area contributed by atoms with Crippen LogP contribution < -0.4 is 0 Å². The number of nitrogens with zero attached hydrogens (tertiary/aromatic N) is 1. The number of halogens is 1. The second-order valence-electron chi connectivity index (χ2n) is 1.18. The Kier molecular flexibility index (Phi) is 2.03. The second-order valence-corrected chi connectivity index (χ2v) is 1.53. The third-order valence-corrected chi connectivity index (χ3v) is 0.935. The Labute approximate surface area is 47.9 Å². The van der Waals surface area contributed by atoms with Crippen LogP contribution in [0.15, 0.2) is 4.99 Å². The summed E-state index contributed by atoms with van der Waals surface area (Å²) in [6, 6.07) is 0. The lowest BCUT2D eigenvalue weighted by molar-refractivity contribution is 0.281. The molecule has 0 aromatic carbocycles. The maximum Gasteiger partial charge on any atom is 0.388 e. The van der Waals surface area contributed by atoms with E-state index in [0.717, 1.165) is 0 Å². The molecule has 1 unspecified atom stereocenters. The number of hydrogen-bond acceptors (Lipinski definition) is 3. The molecule has 0 radical (unpaired) electrons. The molecule has 0 bridgehead atoms. The van der Waals surface area contributed by atoms with Crippen LogP contribution >= 0.6 is 9.12 Å². The highest BCUT2D eigenvalue weighted by molar-refractivity contribution is 7.26. The summed E-state index contributed by atoms with van der Waals surface area (Å²) in [5, 5.41) is 0. The quantitative estimate of drug-likeness (QED) is 0.502. The van der Waals surface area contributed by atoms with Gasteiger partial charge in [0.05, 0.1) is 6.54 Å². The third kappa shape index (κ3) is 1.30. The van der Waals surface area contributed by atoms with E-state index < -0.39 is 9.12 Å². The van der Waals surface area contributed by atoms with Gasteiger partial charge in [-0.3, -0.25) is 0 Å². The molecule has 1 aliphatic heterocycles. The molecule has 1 rings (SSSR count). The summed E-state index contributed by atoms with van der Waals surface area (Å²) in [5.41, 5.74) is 0. The summed E-state index contributed by atoms with van der Waals surface area (Å²) in [6.07, 6.45) is 0.0887. The summed E-state index contributed by atoms with van der Waals surface area (Å²) in [5.74, 6) is 0. The van der Waals surface area contributed by atoms with Crippen molar-refractivity contribution in [3.8, 4) is 0 Å². The number of rotatable bonds is 1. The highest BCUT2D eigenvalue weighted by Crippen LogP contribution is 2.14. The van der Waals surface area contributed by atoms with E-state index in [-0.39, 0.29) is 6.08 Å². The van der Waals surface area contributed by atoms with Crippen molar-refractivity contribution in [1.82, 2.24) is 0 Å². The van der Waals surface area contributed by atoms with Crippen LogP contribution in [0.25, 0.3) is 0 Å². The molecule has 46 valence electrons. The first-order valence-corrected chi connectivity index (χ1v) is 2.92. The minimum atomic E-state index is -1.06. The van der Waals surface area contributed by atoms with Crippen LogP contribution in [0.3, 0.4) is 0 Å². The highest BCUT2D eigenvalue weighted by atomic mass is 31.1. The van der Waals surface area contributed by atoms with Crippen molar-refractivity contribution in [1.29, 1.82) is 0 Å². The monoisotopic (exact) mass is 137 g/mol. The van der Waals surface area contributed by atoms with Gasteiger partial charge in [-0.1, -0.05) is 0 Å². The number of hydrogen-bond donors (Lipinski definition) is 0. The van der Waals surface area contributed by atoms with Gasteiger partial charge in [-0.25, -0.2) is 4.99 Å². The molecule has 0 saturated carbocycles. The van der Waals surface area contributed by atoms with E-state index in [2.05, 4.69) is 14.3 Å². The average molecular weight is 137 g/mol. The van der Waals surface area contributed by atoms with E-state index in [0.29, 0.717) is 13.2 Å². The minimum absolute atomic E-state index is 0.0887.